The van der Waals surface area contributed by atoms with Gasteiger partial charge < -0.3 is 15.2 Å². The topological polar surface area (TPSA) is 88.9 Å². The SMILES string of the molecule is Cc1ccccc1-c1nnc(SC(C)C(=O)NCC(=O)Nc2c(C)cccc2C)n1C. The highest BCUT2D eigenvalue weighted by Crippen LogP contribution is 2.27. The van der Waals surface area contributed by atoms with Gasteiger partial charge in [0, 0.05) is 18.3 Å². The fourth-order valence-electron chi connectivity index (χ4n) is 3.19. The second kappa shape index (κ2) is 9.78. The fourth-order valence-corrected chi connectivity index (χ4v) is 4.03. The summed E-state index contributed by atoms with van der Waals surface area (Å²) in [5, 5.41) is 14.3. The first-order valence-corrected chi connectivity index (χ1v) is 10.9. The maximum atomic E-state index is 12.5. The molecule has 0 saturated carbocycles. The molecule has 2 amide bonds. The lowest BCUT2D eigenvalue weighted by atomic mass is 10.1. The minimum absolute atomic E-state index is 0.0925. The largest absolute Gasteiger partial charge is 0.346 e. The number of hydrogen-bond acceptors (Lipinski definition) is 5. The van der Waals surface area contributed by atoms with Crippen molar-refractivity contribution in [1.82, 2.24) is 20.1 Å². The van der Waals surface area contributed by atoms with Gasteiger partial charge in [-0.2, -0.15) is 0 Å². The van der Waals surface area contributed by atoms with E-state index in [2.05, 4.69) is 20.8 Å². The summed E-state index contributed by atoms with van der Waals surface area (Å²) < 4.78 is 1.88. The molecule has 0 radical (unpaired) electrons. The average molecular weight is 438 g/mol. The van der Waals surface area contributed by atoms with E-state index in [1.807, 2.05) is 74.9 Å². The maximum absolute atomic E-state index is 12.5. The third-order valence-electron chi connectivity index (χ3n) is 5.04. The minimum Gasteiger partial charge on any atom is -0.346 e. The van der Waals surface area contributed by atoms with Crippen LogP contribution in [0, 0.1) is 20.8 Å². The molecule has 8 heteroatoms. The van der Waals surface area contributed by atoms with E-state index in [0.29, 0.717) is 5.16 Å². The second-order valence-corrected chi connectivity index (χ2v) is 8.78. The minimum atomic E-state index is -0.430. The predicted octanol–water partition coefficient (Wildman–Crippen LogP) is 3.64. The summed E-state index contributed by atoms with van der Waals surface area (Å²) >= 11 is 1.31. The monoisotopic (exact) mass is 437 g/mol. The number of aromatic nitrogens is 3. The molecule has 0 saturated heterocycles. The molecule has 0 aliphatic carbocycles. The van der Waals surface area contributed by atoms with Crippen molar-refractivity contribution in [3.05, 3.63) is 59.2 Å². The van der Waals surface area contributed by atoms with Gasteiger partial charge in [0.2, 0.25) is 11.8 Å². The van der Waals surface area contributed by atoms with Crippen LogP contribution in [0.1, 0.15) is 23.6 Å². The van der Waals surface area contributed by atoms with Crippen LogP contribution < -0.4 is 10.6 Å². The maximum Gasteiger partial charge on any atom is 0.243 e. The summed E-state index contributed by atoms with van der Waals surface area (Å²) in [5.74, 6) is 0.256. The van der Waals surface area contributed by atoms with E-state index < -0.39 is 5.25 Å². The number of hydrogen-bond donors (Lipinski definition) is 2. The van der Waals surface area contributed by atoms with Crippen molar-refractivity contribution in [2.24, 2.45) is 7.05 Å². The van der Waals surface area contributed by atoms with Crippen molar-refractivity contribution in [2.45, 2.75) is 38.1 Å². The first-order valence-electron chi connectivity index (χ1n) is 10.0. The van der Waals surface area contributed by atoms with Crippen molar-refractivity contribution >= 4 is 29.3 Å². The third kappa shape index (κ3) is 5.32. The number of amides is 2. The molecule has 0 aliphatic heterocycles. The molecular formula is C23H27N5O2S. The molecule has 1 heterocycles. The van der Waals surface area contributed by atoms with Crippen molar-refractivity contribution in [1.29, 1.82) is 0 Å². The lowest BCUT2D eigenvalue weighted by molar-refractivity contribution is -0.123. The molecule has 7 nitrogen and oxygen atoms in total. The van der Waals surface area contributed by atoms with E-state index in [4.69, 9.17) is 0 Å². The Balaban J connectivity index is 1.58. The van der Waals surface area contributed by atoms with Crippen LogP contribution in [0.3, 0.4) is 0 Å². The van der Waals surface area contributed by atoms with Gasteiger partial charge in [0.05, 0.1) is 11.8 Å². The third-order valence-corrected chi connectivity index (χ3v) is 6.17. The Morgan fingerprint density at radius 2 is 1.65 bits per heavy atom. The van der Waals surface area contributed by atoms with Gasteiger partial charge in [-0.25, -0.2) is 0 Å². The highest BCUT2D eigenvalue weighted by atomic mass is 32.2. The summed E-state index contributed by atoms with van der Waals surface area (Å²) in [5.41, 5.74) is 4.86. The number of rotatable bonds is 7. The molecular weight excluding hydrogens is 410 g/mol. The molecule has 1 aromatic heterocycles. The summed E-state index contributed by atoms with van der Waals surface area (Å²) in [6, 6.07) is 13.8. The van der Waals surface area contributed by atoms with E-state index in [1.54, 1.807) is 6.92 Å². The standard InChI is InChI=1S/C23H27N5O2S/c1-14-9-6-7-12-18(14)21-26-27-23(28(21)5)31-17(4)22(30)24-13-19(29)25-20-15(2)10-8-11-16(20)3/h6-12,17H,13H2,1-5H3,(H,24,30)(H,25,29). The molecule has 1 atom stereocenters. The van der Waals surface area contributed by atoms with Crippen LogP contribution in [0.15, 0.2) is 47.6 Å². The Morgan fingerprint density at radius 3 is 2.32 bits per heavy atom. The number of carbonyl (C=O) groups excluding carboxylic acids is 2. The lowest BCUT2D eigenvalue weighted by Gasteiger charge is -2.14. The first kappa shape index (κ1) is 22.6. The first-order chi connectivity index (χ1) is 14.8. The van der Waals surface area contributed by atoms with Gasteiger partial charge >= 0.3 is 0 Å². The zero-order valence-corrected chi connectivity index (χ0v) is 19.2. The van der Waals surface area contributed by atoms with Gasteiger partial charge in [0.15, 0.2) is 11.0 Å². The van der Waals surface area contributed by atoms with Gasteiger partial charge in [-0.05, 0) is 44.4 Å². The quantitative estimate of drug-likeness (QED) is 0.551. The fraction of sp³-hybridized carbons (Fsp3) is 0.304. The highest BCUT2D eigenvalue weighted by Gasteiger charge is 2.20. The molecule has 162 valence electrons. The van der Waals surface area contributed by atoms with Crippen LogP contribution in [0.2, 0.25) is 0 Å². The van der Waals surface area contributed by atoms with Crippen LogP contribution in [0.5, 0.6) is 0 Å². The van der Waals surface area contributed by atoms with Crippen molar-refractivity contribution < 1.29 is 9.59 Å². The van der Waals surface area contributed by atoms with E-state index in [9.17, 15) is 9.59 Å². The lowest BCUT2D eigenvalue weighted by Crippen LogP contribution is -2.37. The molecule has 0 spiro atoms. The molecule has 0 fully saturated rings. The molecule has 2 aromatic carbocycles. The zero-order valence-electron chi connectivity index (χ0n) is 18.4. The molecule has 31 heavy (non-hydrogen) atoms. The summed E-state index contributed by atoms with van der Waals surface area (Å²) in [6.45, 7) is 7.59. The Kier molecular flexibility index (Phi) is 7.12. The van der Waals surface area contributed by atoms with Gasteiger partial charge in [-0.15, -0.1) is 10.2 Å². The van der Waals surface area contributed by atoms with Crippen molar-refractivity contribution in [2.75, 3.05) is 11.9 Å². The van der Waals surface area contributed by atoms with Crippen LogP contribution in [-0.4, -0.2) is 38.4 Å². The average Bonchev–Trinajstić information content (AvgIpc) is 3.09. The molecule has 3 rings (SSSR count). The number of thioether (sulfide) groups is 1. The predicted molar refractivity (Wildman–Crippen MR) is 124 cm³/mol. The number of nitrogens with one attached hydrogen (secondary N) is 2. The molecule has 0 aliphatic rings. The highest BCUT2D eigenvalue weighted by molar-refractivity contribution is 8.00. The number of nitrogens with zero attached hydrogens (tertiary/aromatic N) is 3. The van der Waals surface area contributed by atoms with Crippen LogP contribution in [0.4, 0.5) is 5.69 Å². The van der Waals surface area contributed by atoms with Crippen LogP contribution in [0.25, 0.3) is 11.4 Å². The van der Waals surface area contributed by atoms with E-state index in [0.717, 1.165) is 33.8 Å². The summed E-state index contributed by atoms with van der Waals surface area (Å²) in [4.78, 5) is 24.8. The zero-order chi connectivity index (χ0) is 22.5. The Labute approximate surface area is 186 Å². The van der Waals surface area contributed by atoms with E-state index in [1.165, 1.54) is 11.8 Å². The van der Waals surface area contributed by atoms with Crippen LogP contribution in [-0.2, 0) is 16.6 Å². The number of aryl methyl sites for hydroxylation is 3. The van der Waals surface area contributed by atoms with Crippen LogP contribution >= 0.6 is 11.8 Å². The Hall–Kier alpha value is -3.13. The molecule has 2 N–H and O–H groups in total. The molecule has 1 unspecified atom stereocenters. The van der Waals surface area contributed by atoms with E-state index >= 15 is 0 Å². The number of para-hydroxylation sites is 1. The van der Waals surface area contributed by atoms with Gasteiger partial charge in [0.1, 0.15) is 0 Å². The Morgan fingerprint density at radius 1 is 1.00 bits per heavy atom. The normalized spacial score (nSPS) is 11.8. The Bertz CT molecular complexity index is 1090. The summed E-state index contributed by atoms with van der Waals surface area (Å²) in [6.07, 6.45) is 0. The van der Waals surface area contributed by atoms with Gasteiger partial charge in [0.25, 0.3) is 0 Å². The number of carbonyl (C=O) groups is 2. The van der Waals surface area contributed by atoms with Gasteiger partial charge in [-0.3, -0.25) is 9.59 Å². The van der Waals surface area contributed by atoms with Crippen molar-refractivity contribution in [3.8, 4) is 11.4 Å². The smallest absolute Gasteiger partial charge is 0.243 e. The summed E-state index contributed by atoms with van der Waals surface area (Å²) in [7, 11) is 1.88. The van der Waals surface area contributed by atoms with E-state index in [-0.39, 0.29) is 18.4 Å². The molecule has 3 aromatic rings. The van der Waals surface area contributed by atoms with Gasteiger partial charge in [-0.1, -0.05) is 54.2 Å². The number of benzene rings is 2. The molecule has 0 bridgehead atoms. The second-order valence-electron chi connectivity index (χ2n) is 7.47. The van der Waals surface area contributed by atoms with Crippen molar-refractivity contribution in [3.63, 3.8) is 0 Å². The number of anilines is 1.